The zero-order valence-electron chi connectivity index (χ0n) is 7.75. The van der Waals surface area contributed by atoms with Crippen LogP contribution in [-0.2, 0) is 4.79 Å². The van der Waals surface area contributed by atoms with Crippen LogP contribution in [0.25, 0.3) is 0 Å². The minimum absolute atomic E-state index is 0.176. The van der Waals surface area contributed by atoms with Crippen LogP contribution in [-0.4, -0.2) is 12.5 Å². The Balaban J connectivity index is 1.72. The average molecular weight is 177 g/mol. The predicted octanol–water partition coefficient (Wildman–Crippen LogP) is 1.17. The van der Waals surface area contributed by atoms with Gasteiger partial charge in [-0.05, 0) is 18.3 Å². The van der Waals surface area contributed by atoms with Gasteiger partial charge in [-0.3, -0.25) is 4.79 Å². The first kappa shape index (κ1) is 8.62. The summed E-state index contributed by atoms with van der Waals surface area (Å²) in [5.74, 6) is 4.42. The highest BCUT2D eigenvalue weighted by Gasteiger charge is 2.48. The molecule has 1 N–H and O–H groups in total. The first-order valence-electron chi connectivity index (χ1n) is 5.04. The normalized spacial score (nSPS) is 31.6. The molecule has 2 saturated carbocycles. The second-order valence-electron chi connectivity index (χ2n) is 4.12. The maximum absolute atomic E-state index is 11.4. The van der Waals surface area contributed by atoms with Gasteiger partial charge in [-0.15, -0.1) is 6.42 Å². The Morgan fingerprint density at radius 2 is 2.31 bits per heavy atom. The Morgan fingerprint density at radius 3 is 2.85 bits per heavy atom. The number of rotatable bonds is 3. The van der Waals surface area contributed by atoms with Crippen molar-refractivity contribution in [1.29, 1.82) is 0 Å². The van der Waals surface area contributed by atoms with Crippen LogP contribution in [0.1, 0.15) is 25.7 Å². The third-order valence-corrected chi connectivity index (χ3v) is 3.30. The molecule has 2 nitrogen and oxygen atoms in total. The van der Waals surface area contributed by atoms with Crippen LogP contribution in [0.2, 0.25) is 0 Å². The van der Waals surface area contributed by atoms with Crippen LogP contribution in [0.5, 0.6) is 0 Å². The molecule has 0 aromatic rings. The number of amides is 1. The van der Waals surface area contributed by atoms with E-state index in [2.05, 4.69) is 11.2 Å². The van der Waals surface area contributed by atoms with Crippen LogP contribution in [0.3, 0.4) is 0 Å². The van der Waals surface area contributed by atoms with Crippen molar-refractivity contribution in [2.75, 3.05) is 6.54 Å². The largest absolute Gasteiger partial charge is 0.345 e. The summed E-state index contributed by atoms with van der Waals surface area (Å²) in [6, 6.07) is 0. The molecule has 0 aromatic carbocycles. The summed E-state index contributed by atoms with van der Waals surface area (Å²) in [5.41, 5.74) is 0. The molecule has 1 amide bonds. The molecule has 2 aliphatic rings. The zero-order valence-corrected chi connectivity index (χ0v) is 7.75. The number of carbonyl (C=O) groups excluding carboxylic acids is 1. The number of nitrogens with one attached hydrogen (secondary N) is 1. The predicted molar refractivity (Wildman–Crippen MR) is 50.8 cm³/mol. The van der Waals surface area contributed by atoms with Gasteiger partial charge in [0.25, 0.3) is 0 Å². The molecule has 2 aliphatic carbocycles. The van der Waals surface area contributed by atoms with Crippen molar-refractivity contribution in [3.05, 3.63) is 0 Å². The van der Waals surface area contributed by atoms with E-state index >= 15 is 0 Å². The Kier molecular flexibility index (Phi) is 2.26. The summed E-state index contributed by atoms with van der Waals surface area (Å²) in [4.78, 5) is 11.4. The molecule has 2 heteroatoms. The first-order valence-corrected chi connectivity index (χ1v) is 5.04. The van der Waals surface area contributed by atoms with Crippen molar-refractivity contribution in [2.45, 2.75) is 25.7 Å². The monoisotopic (exact) mass is 177 g/mol. The molecule has 0 saturated heterocycles. The molecule has 13 heavy (non-hydrogen) atoms. The van der Waals surface area contributed by atoms with E-state index in [4.69, 9.17) is 6.42 Å². The Hall–Kier alpha value is -0.970. The lowest BCUT2D eigenvalue weighted by molar-refractivity contribution is -0.122. The summed E-state index contributed by atoms with van der Waals surface area (Å²) >= 11 is 0. The molecule has 0 aromatic heterocycles. The standard InChI is InChI=1S/C11H15NO/c1-2-6-12-11(13)10-7-9(10)8-4-3-5-8/h1,8-10H,3-7H2,(H,12,13). The molecule has 0 aliphatic heterocycles. The fraction of sp³-hybridized carbons (Fsp3) is 0.727. The SMILES string of the molecule is C#CCNC(=O)C1CC1C1CCC1. The maximum atomic E-state index is 11.4. The zero-order chi connectivity index (χ0) is 9.26. The molecule has 0 bridgehead atoms. The highest BCUT2D eigenvalue weighted by atomic mass is 16.2. The molecule has 2 unspecified atom stereocenters. The summed E-state index contributed by atoms with van der Waals surface area (Å²) in [6.07, 6.45) is 10.2. The van der Waals surface area contributed by atoms with Gasteiger partial charge in [0.05, 0.1) is 6.54 Å². The van der Waals surface area contributed by atoms with Crippen molar-refractivity contribution in [1.82, 2.24) is 5.32 Å². The van der Waals surface area contributed by atoms with Crippen LogP contribution >= 0.6 is 0 Å². The molecular weight excluding hydrogens is 162 g/mol. The van der Waals surface area contributed by atoms with Gasteiger partial charge in [0, 0.05) is 5.92 Å². The van der Waals surface area contributed by atoms with Gasteiger partial charge in [0.15, 0.2) is 0 Å². The minimum atomic E-state index is 0.176. The van der Waals surface area contributed by atoms with Crippen molar-refractivity contribution < 1.29 is 4.79 Å². The van der Waals surface area contributed by atoms with Gasteiger partial charge in [0.1, 0.15) is 0 Å². The number of hydrogen-bond donors (Lipinski definition) is 1. The highest BCUT2D eigenvalue weighted by molar-refractivity contribution is 5.81. The molecule has 0 heterocycles. The number of carbonyl (C=O) groups is 1. The van der Waals surface area contributed by atoms with Crippen molar-refractivity contribution in [3.8, 4) is 12.3 Å². The summed E-state index contributed by atoms with van der Waals surface area (Å²) in [6.45, 7) is 0.382. The second-order valence-corrected chi connectivity index (χ2v) is 4.12. The Bertz CT molecular complexity index is 249. The number of terminal acetylenes is 1. The van der Waals surface area contributed by atoms with Crippen molar-refractivity contribution in [3.63, 3.8) is 0 Å². The molecule has 0 radical (unpaired) electrons. The maximum Gasteiger partial charge on any atom is 0.224 e. The molecule has 0 spiro atoms. The Morgan fingerprint density at radius 1 is 1.54 bits per heavy atom. The lowest BCUT2D eigenvalue weighted by Crippen LogP contribution is -2.27. The fourth-order valence-electron chi connectivity index (χ4n) is 2.17. The van der Waals surface area contributed by atoms with Gasteiger partial charge < -0.3 is 5.32 Å². The van der Waals surface area contributed by atoms with E-state index in [0.717, 1.165) is 12.3 Å². The quantitative estimate of drug-likeness (QED) is 0.644. The second kappa shape index (κ2) is 3.41. The van der Waals surface area contributed by atoms with E-state index in [-0.39, 0.29) is 5.91 Å². The molecule has 70 valence electrons. The molecule has 2 atom stereocenters. The van der Waals surface area contributed by atoms with Gasteiger partial charge in [-0.1, -0.05) is 25.2 Å². The summed E-state index contributed by atoms with van der Waals surface area (Å²) in [5, 5.41) is 2.75. The van der Waals surface area contributed by atoms with Crippen LogP contribution in [0.4, 0.5) is 0 Å². The summed E-state index contributed by atoms with van der Waals surface area (Å²) < 4.78 is 0. The van der Waals surface area contributed by atoms with Gasteiger partial charge in [0.2, 0.25) is 5.91 Å². The van der Waals surface area contributed by atoms with E-state index in [1.165, 1.54) is 19.3 Å². The van der Waals surface area contributed by atoms with E-state index in [9.17, 15) is 4.79 Å². The molecular formula is C11H15NO. The fourth-order valence-corrected chi connectivity index (χ4v) is 2.17. The lowest BCUT2D eigenvalue weighted by Gasteiger charge is -2.25. The average Bonchev–Trinajstić information content (AvgIpc) is 2.77. The molecule has 2 rings (SSSR count). The van der Waals surface area contributed by atoms with Gasteiger partial charge >= 0.3 is 0 Å². The van der Waals surface area contributed by atoms with Gasteiger partial charge in [-0.2, -0.15) is 0 Å². The van der Waals surface area contributed by atoms with Crippen molar-refractivity contribution >= 4 is 5.91 Å². The van der Waals surface area contributed by atoms with Crippen LogP contribution < -0.4 is 5.32 Å². The van der Waals surface area contributed by atoms with Crippen LogP contribution in [0.15, 0.2) is 0 Å². The van der Waals surface area contributed by atoms with E-state index < -0.39 is 0 Å². The number of hydrogen-bond acceptors (Lipinski definition) is 1. The first-order chi connectivity index (χ1) is 6.33. The lowest BCUT2D eigenvalue weighted by atomic mass is 9.81. The van der Waals surface area contributed by atoms with E-state index in [1.807, 2.05) is 0 Å². The van der Waals surface area contributed by atoms with Crippen LogP contribution in [0, 0.1) is 30.1 Å². The van der Waals surface area contributed by atoms with Crippen molar-refractivity contribution in [2.24, 2.45) is 17.8 Å². The van der Waals surface area contributed by atoms with Gasteiger partial charge in [-0.25, -0.2) is 0 Å². The Labute approximate surface area is 79.1 Å². The highest BCUT2D eigenvalue weighted by Crippen LogP contribution is 2.51. The van der Waals surface area contributed by atoms with E-state index in [1.54, 1.807) is 0 Å². The minimum Gasteiger partial charge on any atom is -0.345 e. The topological polar surface area (TPSA) is 29.1 Å². The smallest absolute Gasteiger partial charge is 0.224 e. The van der Waals surface area contributed by atoms with E-state index in [0.29, 0.717) is 18.4 Å². The summed E-state index contributed by atoms with van der Waals surface area (Å²) in [7, 11) is 0. The third kappa shape index (κ3) is 1.70. The molecule has 2 fully saturated rings. The third-order valence-electron chi connectivity index (χ3n) is 3.30.